The van der Waals surface area contributed by atoms with Crippen LogP contribution in [0.4, 0.5) is 5.69 Å². The van der Waals surface area contributed by atoms with Crippen LogP contribution in [0.3, 0.4) is 0 Å². The summed E-state index contributed by atoms with van der Waals surface area (Å²) >= 11 is 3.35. The fourth-order valence-electron chi connectivity index (χ4n) is 2.46. The van der Waals surface area contributed by atoms with E-state index >= 15 is 0 Å². The van der Waals surface area contributed by atoms with E-state index in [4.69, 9.17) is 5.73 Å². The highest BCUT2D eigenvalue weighted by molar-refractivity contribution is 9.10. The predicted octanol–water partition coefficient (Wildman–Crippen LogP) is 1.63. The average molecular weight is 362 g/mol. The van der Waals surface area contributed by atoms with Gasteiger partial charge < -0.3 is 10.6 Å². The molecule has 1 aromatic carbocycles. The number of rotatable bonds is 4. The average Bonchev–Trinajstić information content (AvgIpc) is 2.87. The minimum atomic E-state index is -3.51. The van der Waals surface area contributed by atoms with Gasteiger partial charge in [-0.15, -0.1) is 0 Å². The van der Waals surface area contributed by atoms with Gasteiger partial charge in [0, 0.05) is 43.4 Å². The Labute approximate surface area is 128 Å². The molecule has 0 saturated carbocycles. The maximum atomic E-state index is 12.8. The molecule has 112 valence electrons. The van der Waals surface area contributed by atoms with Gasteiger partial charge in [-0.2, -0.15) is 4.31 Å². The molecule has 2 N–H and O–H groups in total. The lowest BCUT2D eigenvalue weighted by Gasteiger charge is -2.24. The fourth-order valence-corrected chi connectivity index (χ4v) is 5.11. The van der Waals surface area contributed by atoms with E-state index in [-0.39, 0.29) is 6.04 Å². The van der Waals surface area contributed by atoms with Crippen LogP contribution in [0.5, 0.6) is 0 Å². The molecule has 0 aromatic heterocycles. The van der Waals surface area contributed by atoms with Crippen molar-refractivity contribution in [3.8, 4) is 0 Å². The third-order valence-electron chi connectivity index (χ3n) is 3.61. The third-order valence-corrected chi connectivity index (χ3v) is 6.56. The first-order chi connectivity index (χ1) is 9.37. The molecule has 0 spiro atoms. The highest BCUT2D eigenvalue weighted by Crippen LogP contribution is 2.32. The molecule has 1 atom stereocenters. The van der Waals surface area contributed by atoms with Crippen LogP contribution in [0, 0.1) is 0 Å². The molecule has 20 heavy (non-hydrogen) atoms. The minimum Gasteiger partial charge on any atom is -0.378 e. The number of anilines is 1. The van der Waals surface area contributed by atoms with E-state index < -0.39 is 10.0 Å². The molecule has 1 aliphatic rings. The molecular formula is C13H20BrN3O2S. The summed E-state index contributed by atoms with van der Waals surface area (Å²) in [5.41, 5.74) is 6.55. The second kappa shape index (κ2) is 6.01. The van der Waals surface area contributed by atoms with Crippen molar-refractivity contribution in [3.63, 3.8) is 0 Å². The smallest absolute Gasteiger partial charge is 0.244 e. The first-order valence-electron chi connectivity index (χ1n) is 6.56. The van der Waals surface area contributed by atoms with Crippen LogP contribution < -0.4 is 10.6 Å². The van der Waals surface area contributed by atoms with E-state index in [1.54, 1.807) is 12.1 Å². The van der Waals surface area contributed by atoms with Gasteiger partial charge in [0.15, 0.2) is 0 Å². The summed E-state index contributed by atoms with van der Waals surface area (Å²) in [5.74, 6) is 0. The summed E-state index contributed by atoms with van der Waals surface area (Å²) in [6, 6.07) is 5.27. The summed E-state index contributed by atoms with van der Waals surface area (Å²) in [6.45, 7) is 0.910. The van der Waals surface area contributed by atoms with Crippen LogP contribution in [0.25, 0.3) is 0 Å². The van der Waals surface area contributed by atoms with Crippen molar-refractivity contribution in [2.24, 2.45) is 5.73 Å². The molecule has 1 saturated heterocycles. The van der Waals surface area contributed by atoms with Crippen molar-refractivity contribution in [2.45, 2.75) is 23.8 Å². The zero-order valence-electron chi connectivity index (χ0n) is 11.7. The maximum absolute atomic E-state index is 12.8. The fraction of sp³-hybridized carbons (Fsp3) is 0.538. The van der Waals surface area contributed by atoms with Crippen molar-refractivity contribution < 1.29 is 8.42 Å². The van der Waals surface area contributed by atoms with Crippen molar-refractivity contribution in [1.82, 2.24) is 4.31 Å². The Morgan fingerprint density at radius 3 is 2.75 bits per heavy atom. The normalized spacial score (nSPS) is 20.3. The second-order valence-corrected chi connectivity index (χ2v) is 7.87. The Bertz CT molecular complexity index is 589. The number of sulfonamides is 1. The number of nitrogens with zero attached hydrogens (tertiary/aromatic N) is 2. The van der Waals surface area contributed by atoms with Crippen LogP contribution >= 0.6 is 15.9 Å². The largest absolute Gasteiger partial charge is 0.378 e. The van der Waals surface area contributed by atoms with Crippen molar-refractivity contribution in [1.29, 1.82) is 0 Å². The number of hydrogen-bond acceptors (Lipinski definition) is 4. The molecule has 1 unspecified atom stereocenters. The standard InChI is InChI=1S/C13H20BrN3O2S/c1-16(2)10-5-6-12(14)13(8-10)20(18,19)17-7-3-4-11(17)9-15/h5-6,8,11H,3-4,7,9,15H2,1-2H3. The van der Waals surface area contributed by atoms with Crippen LogP contribution in [0.1, 0.15) is 12.8 Å². The van der Waals surface area contributed by atoms with E-state index in [9.17, 15) is 8.42 Å². The van der Waals surface area contributed by atoms with Gasteiger partial charge in [0.1, 0.15) is 0 Å². The lowest BCUT2D eigenvalue weighted by Crippen LogP contribution is -2.40. The first-order valence-corrected chi connectivity index (χ1v) is 8.80. The molecule has 0 aliphatic carbocycles. The maximum Gasteiger partial charge on any atom is 0.244 e. The Morgan fingerprint density at radius 1 is 1.45 bits per heavy atom. The van der Waals surface area contributed by atoms with Crippen molar-refractivity contribution >= 4 is 31.6 Å². The van der Waals surface area contributed by atoms with Crippen molar-refractivity contribution in [3.05, 3.63) is 22.7 Å². The van der Waals surface area contributed by atoms with Gasteiger partial charge >= 0.3 is 0 Å². The summed E-state index contributed by atoms with van der Waals surface area (Å²) in [5, 5.41) is 0. The molecule has 1 heterocycles. The first kappa shape index (κ1) is 15.8. The predicted molar refractivity (Wildman–Crippen MR) is 84.4 cm³/mol. The second-order valence-electron chi connectivity index (χ2n) is 5.16. The van der Waals surface area contributed by atoms with Gasteiger partial charge in [0.2, 0.25) is 10.0 Å². The number of halogens is 1. The van der Waals surface area contributed by atoms with E-state index in [2.05, 4.69) is 15.9 Å². The van der Waals surface area contributed by atoms with Crippen molar-refractivity contribution in [2.75, 3.05) is 32.1 Å². The van der Waals surface area contributed by atoms with Crippen LogP contribution in [0.15, 0.2) is 27.6 Å². The molecule has 5 nitrogen and oxygen atoms in total. The molecule has 0 bridgehead atoms. The molecule has 1 aliphatic heterocycles. The quantitative estimate of drug-likeness (QED) is 0.884. The summed E-state index contributed by atoms with van der Waals surface area (Å²) in [4.78, 5) is 2.19. The zero-order chi connectivity index (χ0) is 14.9. The van der Waals surface area contributed by atoms with E-state index in [0.717, 1.165) is 18.5 Å². The monoisotopic (exact) mass is 361 g/mol. The van der Waals surface area contributed by atoms with Gasteiger partial charge in [0.25, 0.3) is 0 Å². The Hall–Kier alpha value is -0.630. The topological polar surface area (TPSA) is 66.6 Å². The van der Waals surface area contributed by atoms with E-state index in [0.29, 0.717) is 22.5 Å². The van der Waals surface area contributed by atoms with Gasteiger partial charge in [-0.3, -0.25) is 0 Å². The van der Waals surface area contributed by atoms with Crippen LogP contribution in [0.2, 0.25) is 0 Å². The molecule has 7 heteroatoms. The minimum absolute atomic E-state index is 0.0880. The lowest BCUT2D eigenvalue weighted by molar-refractivity contribution is 0.393. The summed E-state index contributed by atoms with van der Waals surface area (Å²) < 4.78 is 27.8. The highest BCUT2D eigenvalue weighted by atomic mass is 79.9. The third kappa shape index (κ3) is 2.86. The Kier molecular flexibility index (Phi) is 4.73. The number of nitrogens with two attached hydrogens (primary N) is 1. The van der Waals surface area contributed by atoms with Crippen LogP contribution in [-0.2, 0) is 10.0 Å². The number of benzene rings is 1. The summed E-state index contributed by atoms with van der Waals surface area (Å²) in [6.07, 6.45) is 1.70. The molecular weight excluding hydrogens is 342 g/mol. The number of hydrogen-bond donors (Lipinski definition) is 1. The van der Waals surface area contributed by atoms with E-state index in [1.165, 1.54) is 4.31 Å². The molecule has 0 amide bonds. The Balaban J connectivity index is 2.46. The Morgan fingerprint density at radius 2 is 2.15 bits per heavy atom. The molecule has 1 fully saturated rings. The van der Waals surface area contributed by atoms with Gasteiger partial charge in [-0.25, -0.2) is 8.42 Å². The lowest BCUT2D eigenvalue weighted by atomic mass is 10.2. The highest BCUT2D eigenvalue weighted by Gasteiger charge is 2.35. The molecule has 2 rings (SSSR count). The molecule has 1 aromatic rings. The zero-order valence-corrected chi connectivity index (χ0v) is 14.1. The van der Waals surface area contributed by atoms with Gasteiger partial charge in [-0.1, -0.05) is 0 Å². The van der Waals surface area contributed by atoms with Gasteiger partial charge in [0.05, 0.1) is 4.90 Å². The van der Waals surface area contributed by atoms with Gasteiger partial charge in [-0.05, 0) is 47.0 Å². The molecule has 0 radical (unpaired) electrons. The van der Waals surface area contributed by atoms with E-state index in [1.807, 2.05) is 25.1 Å². The van der Waals surface area contributed by atoms with Crippen LogP contribution in [-0.4, -0.2) is 45.9 Å². The SMILES string of the molecule is CN(C)c1ccc(Br)c(S(=O)(=O)N2CCCC2CN)c1. The summed E-state index contributed by atoms with van der Waals surface area (Å²) in [7, 11) is 0.267.